The second-order valence-electron chi connectivity index (χ2n) is 5.40. The Hall–Kier alpha value is -0.630. The van der Waals surface area contributed by atoms with Gasteiger partial charge in [-0.05, 0) is 24.0 Å². The fourth-order valence-electron chi connectivity index (χ4n) is 2.59. The monoisotopic (exact) mass is 351 g/mol. The minimum absolute atomic E-state index is 0.0365. The van der Waals surface area contributed by atoms with Crippen LogP contribution in [-0.2, 0) is 19.9 Å². The van der Waals surface area contributed by atoms with E-state index in [0.717, 1.165) is 6.26 Å². The number of nitrogens with zero attached hydrogens (tertiary/aromatic N) is 1. The highest BCUT2D eigenvalue weighted by Crippen LogP contribution is 2.30. The van der Waals surface area contributed by atoms with Crippen molar-refractivity contribution in [2.75, 3.05) is 31.0 Å². The maximum atomic E-state index is 12.5. The smallest absolute Gasteiger partial charge is 0.229 e. The van der Waals surface area contributed by atoms with E-state index < -0.39 is 19.9 Å². The van der Waals surface area contributed by atoms with Gasteiger partial charge in [0.2, 0.25) is 10.0 Å². The van der Waals surface area contributed by atoms with Gasteiger partial charge in [0.1, 0.15) is 9.84 Å². The maximum absolute atomic E-state index is 12.5. The third-order valence-corrected chi connectivity index (χ3v) is 6.91. The van der Waals surface area contributed by atoms with Crippen LogP contribution in [0.4, 0.5) is 0 Å². The Labute approximate surface area is 130 Å². The molecule has 1 saturated heterocycles. The van der Waals surface area contributed by atoms with Gasteiger partial charge in [-0.3, -0.25) is 0 Å². The predicted octanol–water partition coefficient (Wildman–Crippen LogP) is 1.21. The van der Waals surface area contributed by atoms with Crippen LogP contribution in [0.15, 0.2) is 35.2 Å². The maximum Gasteiger partial charge on any atom is 0.243 e. The number of benzene rings is 1. The molecule has 1 heterocycles. The molecule has 1 aliphatic rings. The van der Waals surface area contributed by atoms with E-state index in [1.54, 1.807) is 18.2 Å². The lowest BCUT2D eigenvalue weighted by Gasteiger charge is -2.16. The van der Waals surface area contributed by atoms with E-state index in [2.05, 4.69) is 0 Å². The largest absolute Gasteiger partial charge is 0.243 e. The van der Waals surface area contributed by atoms with Crippen molar-refractivity contribution in [3.63, 3.8) is 0 Å². The summed E-state index contributed by atoms with van der Waals surface area (Å²) < 4.78 is 49.3. The molecule has 0 amide bonds. The molecule has 0 N–H and O–H groups in total. The normalized spacial score (nSPS) is 24.3. The van der Waals surface area contributed by atoms with Crippen LogP contribution in [0.25, 0.3) is 0 Å². The lowest BCUT2D eigenvalue weighted by molar-refractivity contribution is 0.463. The van der Waals surface area contributed by atoms with E-state index in [0.29, 0.717) is 0 Å². The quantitative estimate of drug-likeness (QED) is 0.747. The van der Waals surface area contributed by atoms with Crippen LogP contribution in [0.5, 0.6) is 0 Å². The van der Waals surface area contributed by atoms with Crippen molar-refractivity contribution in [2.45, 2.75) is 4.90 Å². The van der Waals surface area contributed by atoms with Crippen molar-refractivity contribution < 1.29 is 16.8 Å². The summed E-state index contributed by atoms with van der Waals surface area (Å²) in [5.74, 6) is -0.178. The van der Waals surface area contributed by atoms with E-state index in [9.17, 15) is 16.8 Å². The number of rotatable bonds is 5. The predicted molar refractivity (Wildman–Crippen MR) is 82.6 cm³/mol. The van der Waals surface area contributed by atoms with Crippen LogP contribution in [0.2, 0.25) is 0 Å². The number of halogens is 1. The minimum Gasteiger partial charge on any atom is -0.229 e. The molecule has 0 radical (unpaired) electrons. The Morgan fingerprint density at radius 3 is 2.19 bits per heavy atom. The first-order chi connectivity index (χ1) is 9.74. The summed E-state index contributed by atoms with van der Waals surface area (Å²) in [6.07, 6.45) is 1.16. The molecule has 0 aromatic heterocycles. The van der Waals surface area contributed by atoms with Gasteiger partial charge in [0.15, 0.2) is 0 Å². The van der Waals surface area contributed by atoms with Crippen LogP contribution in [0.3, 0.4) is 0 Å². The van der Waals surface area contributed by atoms with Crippen molar-refractivity contribution in [3.8, 4) is 0 Å². The lowest BCUT2D eigenvalue weighted by Crippen LogP contribution is -2.29. The second kappa shape index (κ2) is 6.24. The van der Waals surface area contributed by atoms with Crippen LogP contribution in [0.1, 0.15) is 0 Å². The van der Waals surface area contributed by atoms with Crippen molar-refractivity contribution in [3.05, 3.63) is 30.3 Å². The fourth-order valence-corrected chi connectivity index (χ4v) is 5.67. The van der Waals surface area contributed by atoms with Gasteiger partial charge < -0.3 is 0 Å². The summed E-state index contributed by atoms with van der Waals surface area (Å²) in [6, 6.07) is 8.15. The van der Waals surface area contributed by atoms with Gasteiger partial charge >= 0.3 is 0 Å². The topological polar surface area (TPSA) is 71.5 Å². The molecule has 0 aliphatic carbocycles. The molecule has 0 unspecified atom stereocenters. The van der Waals surface area contributed by atoms with Gasteiger partial charge in [0.25, 0.3) is 0 Å². The van der Waals surface area contributed by atoms with Crippen LogP contribution in [0, 0.1) is 11.8 Å². The molecule has 0 bridgehead atoms. The summed E-state index contributed by atoms with van der Waals surface area (Å²) in [5.41, 5.74) is 0. The average molecular weight is 352 g/mol. The number of hydrogen-bond donors (Lipinski definition) is 0. The van der Waals surface area contributed by atoms with Crippen LogP contribution >= 0.6 is 11.6 Å². The van der Waals surface area contributed by atoms with Crippen molar-refractivity contribution >= 4 is 31.5 Å². The highest BCUT2D eigenvalue weighted by atomic mass is 35.5. The van der Waals surface area contributed by atoms with E-state index in [-0.39, 0.29) is 41.5 Å². The molecule has 1 aromatic rings. The molecule has 118 valence electrons. The van der Waals surface area contributed by atoms with Gasteiger partial charge in [0, 0.05) is 25.2 Å². The fraction of sp³-hybridized carbons (Fsp3) is 0.538. The number of hydrogen-bond acceptors (Lipinski definition) is 4. The molecule has 0 saturated carbocycles. The highest BCUT2D eigenvalue weighted by molar-refractivity contribution is 7.90. The summed E-state index contributed by atoms with van der Waals surface area (Å²) in [4.78, 5) is 0.221. The SMILES string of the molecule is CS(=O)(=O)C[C@@H]1CN(S(=O)(=O)c2ccccc2)C[C@H]1CCl. The zero-order valence-corrected chi connectivity index (χ0v) is 14.0. The molecule has 1 aromatic carbocycles. The van der Waals surface area contributed by atoms with Crippen molar-refractivity contribution in [2.24, 2.45) is 11.8 Å². The summed E-state index contributed by atoms with van der Waals surface area (Å²) in [5, 5.41) is 0. The first-order valence-corrected chi connectivity index (χ1v) is 10.6. The number of alkyl halides is 1. The van der Waals surface area contributed by atoms with Gasteiger partial charge in [-0.15, -0.1) is 11.6 Å². The second-order valence-corrected chi connectivity index (χ2v) is 9.83. The summed E-state index contributed by atoms with van der Waals surface area (Å²) >= 11 is 5.88. The van der Waals surface area contributed by atoms with Gasteiger partial charge in [-0.2, -0.15) is 4.31 Å². The van der Waals surface area contributed by atoms with Gasteiger partial charge in [-0.25, -0.2) is 16.8 Å². The minimum atomic E-state index is -3.59. The molecule has 2 rings (SSSR count). The molecular formula is C13H18ClNO4S2. The molecule has 1 aliphatic heterocycles. The zero-order chi connectivity index (χ0) is 15.7. The van der Waals surface area contributed by atoms with E-state index in [1.165, 1.54) is 16.4 Å². The van der Waals surface area contributed by atoms with E-state index >= 15 is 0 Å². The van der Waals surface area contributed by atoms with Crippen LogP contribution in [-0.4, -0.2) is 52.1 Å². The molecule has 8 heteroatoms. The van der Waals surface area contributed by atoms with Gasteiger partial charge in [-0.1, -0.05) is 18.2 Å². The number of sulfone groups is 1. The van der Waals surface area contributed by atoms with Gasteiger partial charge in [0.05, 0.1) is 10.6 Å². The lowest BCUT2D eigenvalue weighted by atomic mass is 10.0. The first kappa shape index (κ1) is 16.7. The average Bonchev–Trinajstić information content (AvgIpc) is 2.81. The Balaban J connectivity index is 2.23. The molecule has 2 atom stereocenters. The first-order valence-electron chi connectivity index (χ1n) is 6.53. The highest BCUT2D eigenvalue weighted by Gasteiger charge is 2.40. The Morgan fingerprint density at radius 1 is 1.10 bits per heavy atom. The Bertz CT molecular complexity index is 688. The third-order valence-electron chi connectivity index (χ3n) is 3.64. The number of sulfonamides is 1. The van der Waals surface area contributed by atoms with Crippen LogP contribution < -0.4 is 0 Å². The molecular weight excluding hydrogens is 334 g/mol. The zero-order valence-electron chi connectivity index (χ0n) is 11.6. The van der Waals surface area contributed by atoms with Crippen molar-refractivity contribution in [1.82, 2.24) is 4.31 Å². The standard InChI is InChI=1S/C13H18ClNO4S2/c1-20(16,17)10-12-9-15(8-11(12)7-14)21(18,19)13-5-3-2-4-6-13/h2-6,11-12H,7-10H2,1H3/t11-,12+/m1/s1. The molecule has 1 fully saturated rings. The molecule has 0 spiro atoms. The Kier molecular flexibility index (Phi) is 4.97. The Morgan fingerprint density at radius 2 is 1.67 bits per heavy atom. The molecule has 5 nitrogen and oxygen atoms in total. The summed E-state index contributed by atoms with van der Waals surface area (Å²) in [7, 11) is -6.75. The summed E-state index contributed by atoms with van der Waals surface area (Å²) in [6.45, 7) is 0.461. The van der Waals surface area contributed by atoms with Crippen molar-refractivity contribution in [1.29, 1.82) is 0 Å². The third kappa shape index (κ3) is 3.97. The van der Waals surface area contributed by atoms with E-state index in [4.69, 9.17) is 11.6 Å². The molecule has 21 heavy (non-hydrogen) atoms. The van der Waals surface area contributed by atoms with E-state index in [1.807, 2.05) is 0 Å².